The van der Waals surface area contributed by atoms with Gasteiger partial charge in [-0.2, -0.15) is 0 Å². The molecule has 6 aromatic carbocycles. The van der Waals surface area contributed by atoms with Crippen LogP contribution in [-0.4, -0.2) is 5.16 Å². The summed E-state index contributed by atoms with van der Waals surface area (Å²) in [6, 6.07) is 58.4. The number of hydrogen-bond donors (Lipinski definition) is 0. The van der Waals surface area contributed by atoms with Crippen LogP contribution in [0.25, 0.3) is 0 Å². The van der Waals surface area contributed by atoms with E-state index >= 15 is 0 Å². The predicted molar refractivity (Wildman–Crippen MR) is 208 cm³/mol. The molecule has 47 heavy (non-hydrogen) atoms. The second-order valence-electron chi connectivity index (χ2n) is 13.8. The van der Waals surface area contributed by atoms with Crippen LogP contribution < -0.4 is 36.6 Å². The zero-order chi connectivity index (χ0) is 32.6. The summed E-state index contributed by atoms with van der Waals surface area (Å²) >= 11 is 0. The first kappa shape index (κ1) is 31.6. The number of ether oxygens (including phenoxy) is 1. The summed E-state index contributed by atoms with van der Waals surface area (Å²) in [6.45, 7) is 12.1. The second kappa shape index (κ2) is 12.5. The average Bonchev–Trinajstić information content (AvgIpc) is 3.11. The van der Waals surface area contributed by atoms with E-state index < -0.39 is 15.2 Å². The van der Waals surface area contributed by atoms with Crippen LogP contribution in [0.15, 0.2) is 158 Å². The zero-order valence-electron chi connectivity index (χ0n) is 28.1. The average molecular weight is 651 g/mol. The summed E-state index contributed by atoms with van der Waals surface area (Å²) in [5.74, 6) is 2.07. The van der Waals surface area contributed by atoms with Crippen molar-refractivity contribution >= 4 is 47.0 Å². The molecule has 0 fully saturated rings. The van der Waals surface area contributed by atoms with Gasteiger partial charge in [-0.05, 0) is 0 Å². The summed E-state index contributed by atoms with van der Waals surface area (Å²) in [6.07, 6.45) is 1.05. The Bertz CT molecular complexity index is 1900. The maximum absolute atomic E-state index is 7.54. The van der Waals surface area contributed by atoms with Crippen molar-refractivity contribution in [2.75, 3.05) is 0 Å². The molecule has 1 heterocycles. The Morgan fingerprint density at radius 3 is 1.49 bits per heavy atom. The number of fused-ring (bicyclic) bond motifs is 2. The molecule has 0 bridgehead atoms. The molecular formula is C44H44OP2. The summed E-state index contributed by atoms with van der Waals surface area (Å²) in [7, 11) is -3.56. The summed E-state index contributed by atoms with van der Waals surface area (Å²) < 4.78 is 7.54. The maximum atomic E-state index is 7.54. The Labute approximate surface area is 282 Å². The SMILES string of the molecule is CCC(C)(C)[PH](c1ccccc1)(c1ccccc1)c1cccc2c1Oc1c(P(c3ccccc3)c3ccccc3)cccc1C2(C)C. The number of para-hydroxylation sites is 2. The summed E-state index contributed by atoms with van der Waals surface area (Å²) in [5.41, 5.74) is 2.26. The third-order valence-corrected chi connectivity index (χ3v) is 19.0. The first-order valence-corrected chi connectivity index (χ1v) is 20.1. The fourth-order valence-corrected chi connectivity index (χ4v) is 16.3. The Morgan fingerprint density at radius 1 is 0.553 bits per heavy atom. The van der Waals surface area contributed by atoms with Crippen LogP contribution in [0.1, 0.15) is 52.2 Å². The molecule has 0 N–H and O–H groups in total. The molecule has 0 atom stereocenters. The standard InChI is InChI=1S/C44H44OP2/c1-6-43(2,3)47(35-25-15-9-16-26-35,36-27-17-10-18-28-36)40-32-20-30-38-42(40)45-41-37(44(38,4)5)29-19-31-39(41)46(33-21-11-7-12-22-33)34-23-13-8-14-24-34/h7-32,47H,6H2,1-5H3. The van der Waals surface area contributed by atoms with Crippen LogP contribution in [0.2, 0.25) is 0 Å². The number of hydrogen-bond acceptors (Lipinski definition) is 1. The van der Waals surface area contributed by atoms with Gasteiger partial charge in [0, 0.05) is 0 Å². The van der Waals surface area contributed by atoms with Gasteiger partial charge in [0.05, 0.1) is 0 Å². The van der Waals surface area contributed by atoms with E-state index in [2.05, 4.69) is 192 Å². The number of rotatable bonds is 8. The van der Waals surface area contributed by atoms with Gasteiger partial charge in [-0.15, -0.1) is 0 Å². The van der Waals surface area contributed by atoms with Crippen LogP contribution in [0.4, 0.5) is 0 Å². The van der Waals surface area contributed by atoms with E-state index in [9.17, 15) is 0 Å². The van der Waals surface area contributed by atoms with Crippen molar-refractivity contribution in [3.8, 4) is 11.5 Å². The van der Waals surface area contributed by atoms with Crippen LogP contribution in [0.3, 0.4) is 0 Å². The molecule has 0 aromatic heterocycles. The molecule has 236 valence electrons. The van der Waals surface area contributed by atoms with Gasteiger partial charge in [-0.3, -0.25) is 0 Å². The van der Waals surface area contributed by atoms with E-state index in [0.29, 0.717) is 0 Å². The van der Waals surface area contributed by atoms with Crippen LogP contribution in [0.5, 0.6) is 11.5 Å². The molecule has 7 rings (SSSR count). The fourth-order valence-electron chi connectivity index (χ4n) is 7.83. The molecule has 1 nitrogen and oxygen atoms in total. The van der Waals surface area contributed by atoms with Crippen molar-refractivity contribution in [1.29, 1.82) is 0 Å². The first-order valence-electron chi connectivity index (χ1n) is 16.8. The van der Waals surface area contributed by atoms with Gasteiger partial charge in [0.1, 0.15) is 0 Å². The minimum absolute atomic E-state index is 0.0151. The molecule has 0 aliphatic carbocycles. The second-order valence-corrected chi connectivity index (χ2v) is 20.5. The molecule has 0 unspecified atom stereocenters. The topological polar surface area (TPSA) is 9.23 Å². The van der Waals surface area contributed by atoms with Crippen LogP contribution in [-0.2, 0) is 5.41 Å². The molecule has 0 spiro atoms. The van der Waals surface area contributed by atoms with Gasteiger partial charge in [0.15, 0.2) is 0 Å². The third-order valence-electron chi connectivity index (χ3n) is 10.5. The van der Waals surface area contributed by atoms with Crippen LogP contribution >= 0.6 is 15.2 Å². The Morgan fingerprint density at radius 2 is 1.00 bits per heavy atom. The number of benzene rings is 6. The molecule has 1 aliphatic rings. The van der Waals surface area contributed by atoms with E-state index in [0.717, 1.165) is 17.9 Å². The Hall–Kier alpha value is -4.02. The van der Waals surface area contributed by atoms with E-state index in [1.807, 2.05) is 0 Å². The van der Waals surface area contributed by atoms with Gasteiger partial charge in [0.2, 0.25) is 0 Å². The monoisotopic (exact) mass is 650 g/mol. The van der Waals surface area contributed by atoms with Crippen molar-refractivity contribution in [1.82, 2.24) is 0 Å². The molecule has 1 aliphatic heterocycles. The quantitative estimate of drug-likeness (QED) is 0.149. The van der Waals surface area contributed by atoms with Gasteiger partial charge in [-0.1, -0.05) is 0 Å². The third kappa shape index (κ3) is 5.17. The zero-order valence-corrected chi connectivity index (χ0v) is 30.0. The fraction of sp³-hybridized carbons (Fsp3) is 0.182. The van der Waals surface area contributed by atoms with E-state index in [4.69, 9.17) is 4.74 Å². The molecule has 6 aromatic rings. The molecular weight excluding hydrogens is 606 g/mol. The predicted octanol–water partition coefficient (Wildman–Crippen LogP) is 9.09. The minimum atomic E-state index is -2.71. The van der Waals surface area contributed by atoms with Crippen molar-refractivity contribution in [2.45, 2.75) is 51.6 Å². The summed E-state index contributed by atoms with van der Waals surface area (Å²) in [4.78, 5) is 0. The summed E-state index contributed by atoms with van der Waals surface area (Å²) in [5, 5.41) is 8.10. The van der Waals surface area contributed by atoms with Gasteiger partial charge < -0.3 is 0 Å². The van der Waals surface area contributed by atoms with Gasteiger partial charge in [-0.25, -0.2) is 0 Å². The molecule has 3 heteroatoms. The molecule has 0 amide bonds. The first-order chi connectivity index (χ1) is 22.8. The van der Waals surface area contributed by atoms with Gasteiger partial charge >= 0.3 is 284 Å². The van der Waals surface area contributed by atoms with Crippen molar-refractivity contribution in [3.05, 3.63) is 169 Å². The molecule has 0 saturated carbocycles. The Kier molecular flexibility index (Phi) is 8.42. The van der Waals surface area contributed by atoms with Crippen molar-refractivity contribution < 1.29 is 4.74 Å². The Balaban J connectivity index is 1.54. The normalized spacial score (nSPS) is 14.2. The van der Waals surface area contributed by atoms with E-state index in [1.165, 1.54) is 43.0 Å². The van der Waals surface area contributed by atoms with Crippen molar-refractivity contribution in [2.24, 2.45) is 0 Å². The molecule has 0 radical (unpaired) electrons. The van der Waals surface area contributed by atoms with E-state index in [-0.39, 0.29) is 10.6 Å². The van der Waals surface area contributed by atoms with Crippen molar-refractivity contribution in [3.63, 3.8) is 0 Å². The van der Waals surface area contributed by atoms with E-state index in [1.54, 1.807) is 0 Å². The van der Waals surface area contributed by atoms with Crippen LogP contribution in [0, 0.1) is 0 Å². The molecule has 0 saturated heterocycles. The van der Waals surface area contributed by atoms with Gasteiger partial charge in [0.25, 0.3) is 0 Å².